The van der Waals surface area contributed by atoms with Crippen molar-refractivity contribution in [3.05, 3.63) is 41.2 Å². The summed E-state index contributed by atoms with van der Waals surface area (Å²) < 4.78 is 41.1. The molecule has 0 atom stereocenters. The van der Waals surface area contributed by atoms with Crippen molar-refractivity contribution in [3.8, 4) is 22.1 Å². The predicted molar refractivity (Wildman–Crippen MR) is 103 cm³/mol. The number of thiazole rings is 1. The number of benzene rings is 1. The highest BCUT2D eigenvalue weighted by Crippen LogP contribution is 2.35. The van der Waals surface area contributed by atoms with E-state index in [2.05, 4.69) is 20.1 Å². The Morgan fingerprint density at radius 1 is 1.23 bits per heavy atom. The zero-order chi connectivity index (χ0) is 21.8. The van der Waals surface area contributed by atoms with E-state index in [1.54, 1.807) is 24.1 Å². The molecule has 12 heteroatoms. The Morgan fingerprint density at radius 2 is 2.00 bits per heavy atom. The zero-order valence-corrected chi connectivity index (χ0v) is 16.8. The van der Waals surface area contributed by atoms with E-state index >= 15 is 0 Å². The summed E-state index contributed by atoms with van der Waals surface area (Å²) in [6.45, 7) is -3.13. The fourth-order valence-corrected chi connectivity index (χ4v) is 3.29. The average molecular weight is 438 g/mol. The second-order valence-corrected chi connectivity index (χ2v) is 6.67. The number of alkyl halides is 2. The van der Waals surface area contributed by atoms with Crippen molar-refractivity contribution in [1.29, 1.82) is 0 Å². The van der Waals surface area contributed by atoms with E-state index in [1.807, 2.05) is 0 Å². The maximum absolute atomic E-state index is 12.7. The third-order valence-corrected chi connectivity index (χ3v) is 4.75. The molecule has 0 aliphatic rings. The summed E-state index contributed by atoms with van der Waals surface area (Å²) in [4.78, 5) is 29.0. The number of anilines is 1. The number of nitrogens with one attached hydrogen (secondary N) is 1. The highest BCUT2D eigenvalue weighted by molar-refractivity contribution is 7.13. The zero-order valence-electron chi connectivity index (χ0n) is 16.0. The normalized spacial score (nSPS) is 10.7. The summed E-state index contributed by atoms with van der Waals surface area (Å²) in [7, 11) is 4.12. The first kappa shape index (κ1) is 21.2. The molecule has 3 rings (SSSR count). The molecule has 3 aromatic rings. The van der Waals surface area contributed by atoms with Gasteiger partial charge in [0.1, 0.15) is 10.7 Å². The maximum Gasteiger partial charge on any atom is 0.387 e. The van der Waals surface area contributed by atoms with Gasteiger partial charge in [-0.15, -0.1) is 11.3 Å². The molecule has 30 heavy (non-hydrogen) atoms. The average Bonchev–Trinajstić information content (AvgIpc) is 3.36. The number of aryl methyl sites for hydroxylation is 1. The summed E-state index contributed by atoms with van der Waals surface area (Å²) in [5.74, 6) is -1.94. The molecule has 1 aromatic carbocycles. The molecule has 9 nitrogen and oxygen atoms in total. The Balaban J connectivity index is 1.93. The fraction of sp³-hybridized carbons (Fsp3) is 0.222. The highest BCUT2D eigenvalue weighted by Gasteiger charge is 2.22. The standard InChI is InChI=1S/C18H16F2N4O5S/c1-24-7-9(6-21-24)16-23-12(8-30-16)15(25)22-11-5-14(29-18(19)20)13(27-2)4-10(11)17(26)28-3/h4-8,18H,1-3H3,(H,22,25). The number of nitrogens with zero attached hydrogens (tertiary/aromatic N) is 3. The van der Waals surface area contributed by atoms with Crippen LogP contribution in [0.25, 0.3) is 10.6 Å². The van der Waals surface area contributed by atoms with E-state index in [4.69, 9.17) is 9.47 Å². The number of methoxy groups -OCH3 is 2. The second-order valence-electron chi connectivity index (χ2n) is 5.81. The van der Waals surface area contributed by atoms with Gasteiger partial charge < -0.3 is 19.5 Å². The van der Waals surface area contributed by atoms with Gasteiger partial charge in [-0.3, -0.25) is 9.48 Å². The minimum Gasteiger partial charge on any atom is -0.493 e. The SMILES string of the molecule is COC(=O)c1cc(OC)c(OC(F)F)cc1NC(=O)c1csc(-c2cnn(C)c2)n1. The van der Waals surface area contributed by atoms with Crippen LogP contribution in [-0.2, 0) is 11.8 Å². The van der Waals surface area contributed by atoms with E-state index < -0.39 is 18.5 Å². The van der Waals surface area contributed by atoms with Gasteiger partial charge >= 0.3 is 12.6 Å². The topological polar surface area (TPSA) is 105 Å². The Hall–Kier alpha value is -3.54. The van der Waals surface area contributed by atoms with Crippen LogP contribution >= 0.6 is 11.3 Å². The Labute approximate surface area is 173 Å². The largest absolute Gasteiger partial charge is 0.493 e. The number of aromatic nitrogens is 3. The number of rotatable bonds is 7. The van der Waals surface area contributed by atoms with Gasteiger partial charge in [0.25, 0.3) is 5.91 Å². The van der Waals surface area contributed by atoms with Crippen molar-refractivity contribution in [2.24, 2.45) is 7.05 Å². The van der Waals surface area contributed by atoms with Crippen molar-refractivity contribution >= 4 is 28.9 Å². The lowest BCUT2D eigenvalue weighted by molar-refractivity contribution is -0.0511. The Bertz CT molecular complexity index is 1080. The molecule has 0 radical (unpaired) electrons. The lowest BCUT2D eigenvalue weighted by Crippen LogP contribution is -2.16. The summed E-state index contributed by atoms with van der Waals surface area (Å²) in [6, 6.07) is 2.20. The van der Waals surface area contributed by atoms with Gasteiger partial charge in [0.2, 0.25) is 0 Å². The van der Waals surface area contributed by atoms with Crippen LogP contribution < -0.4 is 14.8 Å². The van der Waals surface area contributed by atoms with E-state index in [9.17, 15) is 18.4 Å². The summed E-state index contributed by atoms with van der Waals surface area (Å²) >= 11 is 1.23. The van der Waals surface area contributed by atoms with Gasteiger partial charge in [-0.2, -0.15) is 13.9 Å². The molecular weight excluding hydrogens is 422 g/mol. The van der Waals surface area contributed by atoms with Crippen molar-refractivity contribution in [2.75, 3.05) is 19.5 Å². The number of hydrogen-bond donors (Lipinski definition) is 1. The highest BCUT2D eigenvalue weighted by atomic mass is 32.1. The van der Waals surface area contributed by atoms with E-state index in [0.717, 1.165) is 24.8 Å². The molecule has 0 fully saturated rings. The second kappa shape index (κ2) is 8.86. The summed E-state index contributed by atoms with van der Waals surface area (Å²) in [6.07, 6.45) is 3.35. The maximum atomic E-state index is 12.7. The summed E-state index contributed by atoms with van der Waals surface area (Å²) in [5, 5.41) is 8.62. The van der Waals surface area contributed by atoms with Crippen molar-refractivity contribution in [2.45, 2.75) is 6.61 Å². The molecule has 0 aliphatic heterocycles. The van der Waals surface area contributed by atoms with Crippen LogP contribution in [0.3, 0.4) is 0 Å². The van der Waals surface area contributed by atoms with E-state index in [1.165, 1.54) is 23.8 Å². The van der Waals surface area contributed by atoms with Gasteiger partial charge in [0.15, 0.2) is 11.5 Å². The molecule has 2 heterocycles. The van der Waals surface area contributed by atoms with Crippen LogP contribution in [0.5, 0.6) is 11.5 Å². The Morgan fingerprint density at radius 3 is 2.60 bits per heavy atom. The number of esters is 1. The summed E-state index contributed by atoms with van der Waals surface area (Å²) in [5.41, 5.74) is 0.599. The van der Waals surface area contributed by atoms with E-state index in [0.29, 0.717) is 5.01 Å². The first-order valence-corrected chi connectivity index (χ1v) is 9.21. The molecule has 1 amide bonds. The van der Waals surface area contributed by atoms with Crippen LogP contribution in [0.1, 0.15) is 20.8 Å². The predicted octanol–water partition coefficient (Wildman–Crippen LogP) is 3.19. The monoisotopic (exact) mass is 438 g/mol. The molecular formula is C18H16F2N4O5S. The number of carbonyl (C=O) groups is 2. The van der Waals surface area contributed by atoms with Crippen molar-refractivity contribution < 1.29 is 32.6 Å². The van der Waals surface area contributed by atoms with Crippen LogP contribution in [0.4, 0.5) is 14.5 Å². The van der Waals surface area contributed by atoms with Crippen molar-refractivity contribution in [1.82, 2.24) is 14.8 Å². The minimum atomic E-state index is -3.13. The number of halogens is 2. The molecule has 0 aliphatic carbocycles. The van der Waals surface area contributed by atoms with Crippen LogP contribution in [0.2, 0.25) is 0 Å². The third kappa shape index (κ3) is 4.54. The van der Waals surface area contributed by atoms with Crippen LogP contribution in [-0.4, -0.2) is 47.5 Å². The first-order chi connectivity index (χ1) is 14.3. The molecule has 2 aromatic heterocycles. The van der Waals surface area contributed by atoms with Gasteiger partial charge in [-0.1, -0.05) is 0 Å². The fourth-order valence-electron chi connectivity index (χ4n) is 2.52. The van der Waals surface area contributed by atoms with Gasteiger partial charge in [0.05, 0.1) is 31.7 Å². The molecule has 0 bridgehead atoms. The molecule has 158 valence electrons. The number of amides is 1. The molecule has 0 unspecified atom stereocenters. The minimum absolute atomic E-state index is 0.0711. The first-order valence-electron chi connectivity index (χ1n) is 8.33. The number of hydrogen-bond acceptors (Lipinski definition) is 8. The number of ether oxygens (including phenoxy) is 3. The van der Waals surface area contributed by atoms with Crippen LogP contribution in [0.15, 0.2) is 29.9 Å². The Kier molecular flexibility index (Phi) is 6.26. The van der Waals surface area contributed by atoms with E-state index in [-0.39, 0.29) is 28.4 Å². The van der Waals surface area contributed by atoms with Crippen LogP contribution in [0, 0.1) is 0 Å². The quantitative estimate of drug-likeness (QED) is 0.565. The number of carbonyl (C=O) groups excluding carboxylic acids is 2. The third-order valence-electron chi connectivity index (χ3n) is 3.86. The molecule has 0 saturated carbocycles. The lowest BCUT2D eigenvalue weighted by atomic mass is 10.1. The lowest BCUT2D eigenvalue weighted by Gasteiger charge is -2.15. The van der Waals surface area contributed by atoms with Gasteiger partial charge in [-0.25, -0.2) is 9.78 Å². The van der Waals surface area contributed by atoms with Crippen molar-refractivity contribution in [3.63, 3.8) is 0 Å². The molecule has 1 N–H and O–H groups in total. The molecule has 0 spiro atoms. The van der Waals surface area contributed by atoms with Gasteiger partial charge in [-0.05, 0) is 0 Å². The molecule has 0 saturated heterocycles. The smallest absolute Gasteiger partial charge is 0.387 e. The van der Waals surface area contributed by atoms with Gasteiger partial charge in [0, 0.05) is 36.3 Å².